The third-order valence-electron chi connectivity index (χ3n) is 3.47. The summed E-state index contributed by atoms with van der Waals surface area (Å²) in [5.74, 6) is 0.417. The Bertz CT molecular complexity index is 1040. The second-order valence-electron chi connectivity index (χ2n) is 5.18. The van der Waals surface area contributed by atoms with Crippen molar-refractivity contribution in [1.29, 1.82) is 0 Å². The number of aromatic nitrogens is 3. The molecule has 0 amide bonds. The predicted octanol–water partition coefficient (Wildman–Crippen LogP) is 2.90. The van der Waals surface area contributed by atoms with Gasteiger partial charge in [-0.3, -0.25) is 14.7 Å². The zero-order chi connectivity index (χ0) is 18.2. The second-order valence-corrected chi connectivity index (χ2v) is 7.56. The number of rotatable bonds is 4. The van der Waals surface area contributed by atoms with E-state index in [0.717, 1.165) is 6.26 Å². The number of hydrogen-bond donors (Lipinski definition) is 0. The first-order chi connectivity index (χ1) is 11.8. The summed E-state index contributed by atoms with van der Waals surface area (Å²) in [6, 6.07) is 8.81. The van der Waals surface area contributed by atoms with Gasteiger partial charge in [-0.2, -0.15) is 0 Å². The molecule has 3 rings (SSSR count). The van der Waals surface area contributed by atoms with Crippen molar-refractivity contribution in [3.8, 4) is 17.1 Å². The molecule has 0 aliphatic heterocycles. The summed E-state index contributed by atoms with van der Waals surface area (Å²) in [4.78, 5) is 18.5. The largest absolute Gasteiger partial charge is 0.281 e. The molecule has 0 bridgehead atoms. The molecule has 0 saturated carbocycles. The van der Waals surface area contributed by atoms with E-state index in [2.05, 4.69) is 9.97 Å². The highest BCUT2D eigenvalue weighted by Crippen LogP contribution is 2.30. The van der Waals surface area contributed by atoms with Gasteiger partial charge in [0.15, 0.2) is 15.0 Å². The van der Waals surface area contributed by atoms with E-state index in [4.69, 9.17) is 11.6 Å². The van der Waals surface area contributed by atoms with Gasteiger partial charge in [0.05, 0.1) is 15.5 Å². The smallest absolute Gasteiger partial charge is 0.269 e. The third kappa shape index (κ3) is 3.37. The molecule has 10 heteroatoms. The van der Waals surface area contributed by atoms with Crippen molar-refractivity contribution in [2.45, 2.75) is 4.90 Å². The zero-order valence-corrected chi connectivity index (χ0v) is 14.4. The van der Waals surface area contributed by atoms with E-state index in [-0.39, 0.29) is 15.7 Å². The van der Waals surface area contributed by atoms with Gasteiger partial charge in [-0.1, -0.05) is 11.6 Å². The summed E-state index contributed by atoms with van der Waals surface area (Å²) in [5.41, 5.74) is 1.07. The maximum absolute atomic E-state index is 11.5. The van der Waals surface area contributed by atoms with Crippen LogP contribution in [0.5, 0.6) is 0 Å². The van der Waals surface area contributed by atoms with Crippen LogP contribution in [0.2, 0.25) is 5.15 Å². The molecule has 8 nitrogen and oxygen atoms in total. The van der Waals surface area contributed by atoms with Gasteiger partial charge in [-0.25, -0.2) is 18.4 Å². The van der Waals surface area contributed by atoms with Crippen molar-refractivity contribution in [3.05, 3.63) is 64.2 Å². The first-order valence-electron chi connectivity index (χ1n) is 6.91. The highest BCUT2D eigenvalue weighted by Gasteiger charge is 2.16. The molecule has 0 aliphatic carbocycles. The van der Waals surface area contributed by atoms with Gasteiger partial charge >= 0.3 is 0 Å². The quantitative estimate of drug-likeness (QED) is 0.510. The lowest BCUT2D eigenvalue weighted by Gasteiger charge is -2.08. The van der Waals surface area contributed by atoms with Crippen LogP contribution in [-0.2, 0) is 9.84 Å². The van der Waals surface area contributed by atoms with Crippen LogP contribution in [0.25, 0.3) is 17.1 Å². The average Bonchev–Trinajstić information content (AvgIpc) is 2.96. The van der Waals surface area contributed by atoms with Crippen LogP contribution in [0.4, 0.5) is 5.69 Å². The summed E-state index contributed by atoms with van der Waals surface area (Å²) in [6.45, 7) is 0. The standard InChI is InChI=1S/C15H11ClN4O4S/c1-25(23,24)12-6-7-13(17-8-12)19-9-18-15(16)14(19)10-2-4-11(5-3-10)20(21)22/h2-9H,1H3. The van der Waals surface area contributed by atoms with Crippen LogP contribution in [0.3, 0.4) is 0 Å². The first kappa shape index (κ1) is 17.1. The van der Waals surface area contributed by atoms with E-state index >= 15 is 0 Å². The van der Waals surface area contributed by atoms with Crippen molar-refractivity contribution in [2.24, 2.45) is 0 Å². The summed E-state index contributed by atoms with van der Waals surface area (Å²) in [5, 5.41) is 11.0. The minimum Gasteiger partial charge on any atom is -0.281 e. The van der Waals surface area contributed by atoms with Gasteiger partial charge in [-0.15, -0.1) is 0 Å². The number of imidazole rings is 1. The molecule has 2 aromatic heterocycles. The number of pyridine rings is 1. The van der Waals surface area contributed by atoms with E-state index < -0.39 is 14.8 Å². The molecule has 2 heterocycles. The fraction of sp³-hybridized carbons (Fsp3) is 0.0667. The summed E-state index contributed by atoms with van der Waals surface area (Å²) in [7, 11) is -3.35. The summed E-state index contributed by atoms with van der Waals surface area (Å²) >= 11 is 6.15. The zero-order valence-electron chi connectivity index (χ0n) is 12.8. The van der Waals surface area contributed by atoms with Gasteiger partial charge in [0.25, 0.3) is 5.69 Å². The molecule has 1 aromatic carbocycles. The maximum Gasteiger partial charge on any atom is 0.269 e. The highest BCUT2D eigenvalue weighted by atomic mass is 35.5. The Morgan fingerprint density at radius 1 is 1.12 bits per heavy atom. The lowest BCUT2D eigenvalue weighted by Crippen LogP contribution is -2.02. The van der Waals surface area contributed by atoms with Crippen LogP contribution >= 0.6 is 11.6 Å². The number of hydrogen-bond acceptors (Lipinski definition) is 6. The van der Waals surface area contributed by atoms with E-state index in [1.807, 2.05) is 0 Å². The van der Waals surface area contributed by atoms with Crippen LogP contribution in [0, 0.1) is 10.1 Å². The molecule has 0 saturated heterocycles. The normalized spacial score (nSPS) is 11.4. The number of halogens is 1. The predicted molar refractivity (Wildman–Crippen MR) is 91.6 cm³/mol. The second kappa shape index (κ2) is 6.26. The van der Waals surface area contributed by atoms with Gasteiger partial charge in [-0.05, 0) is 24.3 Å². The van der Waals surface area contributed by atoms with E-state index in [9.17, 15) is 18.5 Å². The summed E-state index contributed by atoms with van der Waals surface area (Å²) < 4.78 is 24.6. The van der Waals surface area contributed by atoms with Crippen LogP contribution in [0.15, 0.2) is 53.8 Å². The molecule has 0 fully saturated rings. The Hall–Kier alpha value is -2.78. The first-order valence-corrected chi connectivity index (χ1v) is 9.18. The minimum absolute atomic E-state index is 0.0402. The molecule has 0 atom stereocenters. The molecule has 128 valence electrons. The average molecular weight is 379 g/mol. The highest BCUT2D eigenvalue weighted by molar-refractivity contribution is 7.90. The van der Waals surface area contributed by atoms with Crippen LogP contribution in [-0.4, -0.2) is 34.1 Å². The van der Waals surface area contributed by atoms with Crippen molar-refractivity contribution in [2.75, 3.05) is 6.26 Å². The Balaban J connectivity index is 2.06. The van der Waals surface area contributed by atoms with Crippen molar-refractivity contribution in [3.63, 3.8) is 0 Å². The van der Waals surface area contributed by atoms with E-state index in [1.54, 1.807) is 16.7 Å². The summed E-state index contributed by atoms with van der Waals surface area (Å²) in [6.07, 6.45) is 3.79. The van der Waals surface area contributed by atoms with Crippen LogP contribution < -0.4 is 0 Å². The maximum atomic E-state index is 11.5. The number of sulfone groups is 1. The van der Waals surface area contributed by atoms with Crippen molar-refractivity contribution < 1.29 is 13.3 Å². The number of nitro benzene ring substituents is 1. The molecule has 0 radical (unpaired) electrons. The SMILES string of the molecule is CS(=O)(=O)c1ccc(-n2cnc(Cl)c2-c2ccc([N+](=O)[O-])cc2)nc1. The van der Waals surface area contributed by atoms with E-state index in [0.29, 0.717) is 17.1 Å². The Morgan fingerprint density at radius 2 is 1.80 bits per heavy atom. The molecular weight excluding hydrogens is 368 g/mol. The van der Waals surface area contributed by atoms with Gasteiger partial charge in [0, 0.05) is 30.1 Å². The Kier molecular flexibility index (Phi) is 4.27. The molecule has 0 spiro atoms. The monoisotopic (exact) mass is 378 g/mol. The number of non-ortho nitro benzene ring substituents is 1. The topological polar surface area (TPSA) is 108 Å². The fourth-order valence-corrected chi connectivity index (χ4v) is 3.04. The van der Waals surface area contributed by atoms with Gasteiger partial charge in [0.1, 0.15) is 12.1 Å². The molecule has 25 heavy (non-hydrogen) atoms. The molecule has 3 aromatic rings. The van der Waals surface area contributed by atoms with Gasteiger partial charge < -0.3 is 0 Å². The lowest BCUT2D eigenvalue weighted by atomic mass is 10.1. The Morgan fingerprint density at radius 3 is 2.32 bits per heavy atom. The number of nitrogens with zero attached hydrogens (tertiary/aromatic N) is 4. The number of benzene rings is 1. The third-order valence-corrected chi connectivity index (χ3v) is 4.84. The van der Waals surface area contributed by atoms with Crippen molar-refractivity contribution in [1.82, 2.24) is 14.5 Å². The van der Waals surface area contributed by atoms with Crippen molar-refractivity contribution >= 4 is 27.1 Å². The molecular formula is C15H11ClN4O4S. The fourth-order valence-electron chi connectivity index (χ4n) is 2.23. The van der Waals surface area contributed by atoms with Crippen LogP contribution in [0.1, 0.15) is 0 Å². The number of nitro groups is 1. The lowest BCUT2D eigenvalue weighted by molar-refractivity contribution is -0.384. The Labute approximate surface area is 147 Å². The molecule has 0 unspecified atom stereocenters. The van der Waals surface area contributed by atoms with E-state index in [1.165, 1.54) is 36.8 Å². The van der Waals surface area contributed by atoms with Gasteiger partial charge in [0.2, 0.25) is 0 Å². The molecule has 0 aliphatic rings. The minimum atomic E-state index is -3.35. The molecule has 0 N–H and O–H groups in total.